The smallest absolute Gasteiger partial charge is 0.275 e. The van der Waals surface area contributed by atoms with Crippen molar-refractivity contribution in [3.63, 3.8) is 0 Å². The number of hydrogen-bond acceptors (Lipinski definition) is 3. The van der Waals surface area contributed by atoms with Gasteiger partial charge in [0.05, 0.1) is 5.69 Å². The highest BCUT2D eigenvalue weighted by molar-refractivity contribution is 9.10. The van der Waals surface area contributed by atoms with Gasteiger partial charge in [-0.25, -0.2) is 9.97 Å². The van der Waals surface area contributed by atoms with Crippen molar-refractivity contribution in [3.8, 4) is 0 Å². The van der Waals surface area contributed by atoms with E-state index in [0.717, 1.165) is 20.2 Å². The van der Waals surface area contributed by atoms with Crippen LogP contribution in [0.15, 0.2) is 39.5 Å². The van der Waals surface area contributed by atoms with Crippen LogP contribution < -0.4 is 5.32 Å². The largest absolute Gasteiger partial charge is 0.305 e. The first-order chi connectivity index (χ1) is 10.5. The van der Waals surface area contributed by atoms with Crippen molar-refractivity contribution >= 4 is 49.2 Å². The zero-order chi connectivity index (χ0) is 15.9. The fourth-order valence-electron chi connectivity index (χ4n) is 2.28. The van der Waals surface area contributed by atoms with Gasteiger partial charge in [0.1, 0.15) is 17.2 Å². The molecule has 3 heterocycles. The number of anilines is 1. The third kappa shape index (κ3) is 2.78. The summed E-state index contributed by atoms with van der Waals surface area (Å²) in [6, 6.07) is 5.53. The number of amides is 1. The van der Waals surface area contributed by atoms with E-state index >= 15 is 0 Å². The molecule has 0 aliphatic carbocycles. The number of aryl methyl sites for hydroxylation is 2. The molecule has 0 saturated carbocycles. The zero-order valence-electron chi connectivity index (χ0n) is 11.9. The van der Waals surface area contributed by atoms with E-state index in [1.807, 2.05) is 32.2 Å². The average Bonchev–Trinajstić information content (AvgIpc) is 2.78. The van der Waals surface area contributed by atoms with E-state index in [1.54, 1.807) is 16.7 Å². The molecule has 112 valence electrons. The summed E-state index contributed by atoms with van der Waals surface area (Å²) in [6.45, 7) is 3.79. The number of halogens is 2. The molecule has 0 atom stereocenters. The fourth-order valence-corrected chi connectivity index (χ4v) is 3.06. The van der Waals surface area contributed by atoms with Crippen LogP contribution in [0.1, 0.15) is 21.7 Å². The molecule has 0 bridgehead atoms. The second kappa shape index (κ2) is 5.81. The Morgan fingerprint density at radius 3 is 2.68 bits per heavy atom. The van der Waals surface area contributed by atoms with Crippen molar-refractivity contribution in [3.05, 3.63) is 56.5 Å². The lowest BCUT2D eigenvalue weighted by Gasteiger charge is -2.06. The highest BCUT2D eigenvalue weighted by atomic mass is 79.9. The molecule has 3 rings (SSSR count). The summed E-state index contributed by atoms with van der Waals surface area (Å²) in [7, 11) is 0. The summed E-state index contributed by atoms with van der Waals surface area (Å²) in [5, 5.41) is 2.80. The maximum atomic E-state index is 12.6. The van der Waals surface area contributed by atoms with Gasteiger partial charge in [-0.1, -0.05) is 0 Å². The maximum Gasteiger partial charge on any atom is 0.275 e. The van der Waals surface area contributed by atoms with E-state index in [-0.39, 0.29) is 5.91 Å². The van der Waals surface area contributed by atoms with Gasteiger partial charge < -0.3 is 5.32 Å². The Morgan fingerprint density at radius 1 is 1.23 bits per heavy atom. The number of carbonyl (C=O) groups is 1. The first-order valence-electron chi connectivity index (χ1n) is 6.53. The number of imidazole rings is 1. The fraction of sp³-hybridized carbons (Fsp3) is 0.133. The summed E-state index contributed by atoms with van der Waals surface area (Å²) in [4.78, 5) is 21.2. The molecule has 0 saturated heterocycles. The minimum absolute atomic E-state index is 0.239. The van der Waals surface area contributed by atoms with Gasteiger partial charge in [0.25, 0.3) is 5.91 Å². The SMILES string of the molecule is Cc1nc2c(C)cc(Br)cn2c1C(=O)Nc1ccc(Br)cn1. The molecule has 1 N–H and O–H groups in total. The first kappa shape index (κ1) is 15.2. The Kier molecular flexibility index (Phi) is 4.01. The molecular formula is C15H12Br2N4O. The molecule has 0 spiro atoms. The van der Waals surface area contributed by atoms with Crippen LogP contribution in [0.4, 0.5) is 5.82 Å². The Labute approximate surface area is 144 Å². The summed E-state index contributed by atoms with van der Waals surface area (Å²) < 4.78 is 3.55. The van der Waals surface area contributed by atoms with Gasteiger partial charge in [-0.05, 0) is 69.5 Å². The minimum atomic E-state index is -0.239. The summed E-state index contributed by atoms with van der Waals surface area (Å²) in [5.74, 6) is 0.256. The third-order valence-electron chi connectivity index (χ3n) is 3.23. The molecule has 0 aliphatic heterocycles. The molecule has 7 heteroatoms. The lowest BCUT2D eigenvalue weighted by Crippen LogP contribution is -2.16. The Bertz CT molecular complexity index is 871. The van der Waals surface area contributed by atoms with Gasteiger partial charge in [-0.3, -0.25) is 9.20 Å². The van der Waals surface area contributed by atoms with Gasteiger partial charge in [0.2, 0.25) is 0 Å². The number of hydrogen-bond donors (Lipinski definition) is 1. The van der Waals surface area contributed by atoms with E-state index in [4.69, 9.17) is 0 Å². The molecule has 3 aromatic rings. The predicted octanol–water partition coefficient (Wildman–Crippen LogP) is 4.12. The van der Waals surface area contributed by atoms with Crippen LogP contribution in [0.2, 0.25) is 0 Å². The first-order valence-corrected chi connectivity index (χ1v) is 8.12. The number of carbonyl (C=O) groups excluding carboxylic acids is 1. The Hall–Kier alpha value is -1.73. The lowest BCUT2D eigenvalue weighted by molar-refractivity contribution is 0.102. The molecule has 0 unspecified atom stereocenters. The molecule has 0 radical (unpaired) electrons. The highest BCUT2D eigenvalue weighted by Gasteiger charge is 2.18. The summed E-state index contributed by atoms with van der Waals surface area (Å²) in [6.07, 6.45) is 3.48. The van der Waals surface area contributed by atoms with Crippen LogP contribution in [0.5, 0.6) is 0 Å². The topological polar surface area (TPSA) is 59.3 Å². The predicted molar refractivity (Wildman–Crippen MR) is 92.3 cm³/mol. The zero-order valence-corrected chi connectivity index (χ0v) is 15.1. The number of fused-ring (bicyclic) bond motifs is 1. The quantitative estimate of drug-likeness (QED) is 0.674. The van der Waals surface area contributed by atoms with Crippen LogP contribution in [-0.2, 0) is 0 Å². The lowest BCUT2D eigenvalue weighted by atomic mass is 10.3. The van der Waals surface area contributed by atoms with Crippen LogP contribution in [0, 0.1) is 13.8 Å². The van der Waals surface area contributed by atoms with Gasteiger partial charge in [0.15, 0.2) is 0 Å². The third-order valence-corrected chi connectivity index (χ3v) is 4.13. The van der Waals surface area contributed by atoms with Crippen molar-refractivity contribution in [2.45, 2.75) is 13.8 Å². The van der Waals surface area contributed by atoms with Gasteiger partial charge in [0, 0.05) is 21.3 Å². The second-order valence-electron chi connectivity index (χ2n) is 4.90. The van der Waals surface area contributed by atoms with Crippen molar-refractivity contribution in [1.82, 2.24) is 14.4 Å². The Morgan fingerprint density at radius 2 is 2.00 bits per heavy atom. The number of nitrogens with zero attached hydrogens (tertiary/aromatic N) is 3. The van der Waals surface area contributed by atoms with Crippen molar-refractivity contribution in [2.75, 3.05) is 5.32 Å². The van der Waals surface area contributed by atoms with Crippen molar-refractivity contribution < 1.29 is 4.79 Å². The van der Waals surface area contributed by atoms with Gasteiger partial charge in [-0.2, -0.15) is 0 Å². The van der Waals surface area contributed by atoms with E-state index < -0.39 is 0 Å². The van der Waals surface area contributed by atoms with Crippen molar-refractivity contribution in [1.29, 1.82) is 0 Å². The molecule has 3 aromatic heterocycles. The minimum Gasteiger partial charge on any atom is -0.305 e. The number of rotatable bonds is 2. The van der Waals surface area contributed by atoms with Crippen LogP contribution in [0.25, 0.3) is 5.65 Å². The molecular weight excluding hydrogens is 412 g/mol. The van der Waals surface area contributed by atoms with Crippen LogP contribution in [-0.4, -0.2) is 20.3 Å². The molecule has 0 aromatic carbocycles. The van der Waals surface area contributed by atoms with Gasteiger partial charge in [-0.15, -0.1) is 0 Å². The van der Waals surface area contributed by atoms with E-state index in [2.05, 4.69) is 47.1 Å². The van der Waals surface area contributed by atoms with Gasteiger partial charge >= 0.3 is 0 Å². The second-order valence-corrected chi connectivity index (χ2v) is 6.73. The summed E-state index contributed by atoms with van der Waals surface area (Å²) >= 11 is 6.77. The van der Waals surface area contributed by atoms with E-state index in [0.29, 0.717) is 17.2 Å². The van der Waals surface area contributed by atoms with E-state index in [9.17, 15) is 4.79 Å². The monoisotopic (exact) mass is 422 g/mol. The molecule has 0 aliphatic rings. The molecule has 5 nitrogen and oxygen atoms in total. The van der Waals surface area contributed by atoms with Crippen molar-refractivity contribution in [2.24, 2.45) is 0 Å². The number of aromatic nitrogens is 3. The number of nitrogens with one attached hydrogen (secondary N) is 1. The molecule has 1 amide bonds. The number of pyridine rings is 2. The Balaban J connectivity index is 2.03. The van der Waals surface area contributed by atoms with Crippen LogP contribution >= 0.6 is 31.9 Å². The average molecular weight is 424 g/mol. The molecule has 0 fully saturated rings. The molecule has 22 heavy (non-hydrogen) atoms. The summed E-state index contributed by atoms with van der Waals surface area (Å²) in [5.41, 5.74) is 2.95. The normalized spacial score (nSPS) is 10.9. The highest BCUT2D eigenvalue weighted by Crippen LogP contribution is 2.21. The maximum absolute atomic E-state index is 12.6. The standard InChI is InChI=1S/C15H12Br2N4O/c1-8-5-11(17)7-21-13(9(2)19-14(8)21)15(22)20-12-4-3-10(16)6-18-12/h3-7H,1-2H3,(H,18,20,22). The van der Waals surface area contributed by atoms with E-state index in [1.165, 1.54) is 0 Å². The van der Waals surface area contributed by atoms with Crippen LogP contribution in [0.3, 0.4) is 0 Å².